The maximum absolute atomic E-state index is 10.4. The maximum Gasteiger partial charge on any atom is 0.303 e. The lowest BCUT2D eigenvalue weighted by atomic mass is 10.2. The van der Waals surface area contributed by atoms with Crippen molar-refractivity contribution in [3.63, 3.8) is 0 Å². The van der Waals surface area contributed by atoms with Gasteiger partial charge in [0, 0.05) is 10.9 Å². The predicted octanol–water partition coefficient (Wildman–Crippen LogP) is 2.05. The van der Waals surface area contributed by atoms with E-state index in [0.29, 0.717) is 12.1 Å². The molecule has 0 amide bonds. The zero-order chi connectivity index (χ0) is 12.3. The molecular formula is C11H10BrN3O2. The Kier molecular flexibility index (Phi) is 3.53. The number of carbonyl (C=O) groups is 1. The van der Waals surface area contributed by atoms with Crippen LogP contribution in [-0.2, 0) is 11.2 Å². The Hall–Kier alpha value is -1.69. The first-order chi connectivity index (χ1) is 8.15. The molecule has 0 atom stereocenters. The van der Waals surface area contributed by atoms with Gasteiger partial charge in [0.15, 0.2) is 0 Å². The van der Waals surface area contributed by atoms with Gasteiger partial charge in [-0.05, 0) is 18.2 Å². The van der Waals surface area contributed by atoms with Crippen molar-refractivity contribution in [2.24, 2.45) is 0 Å². The monoisotopic (exact) mass is 295 g/mol. The fraction of sp³-hybridized carbons (Fsp3) is 0.182. The highest BCUT2D eigenvalue weighted by molar-refractivity contribution is 9.10. The van der Waals surface area contributed by atoms with E-state index in [-0.39, 0.29) is 6.42 Å². The summed E-state index contributed by atoms with van der Waals surface area (Å²) in [5.41, 5.74) is 1.56. The van der Waals surface area contributed by atoms with Crippen LogP contribution in [0.15, 0.2) is 34.9 Å². The fourth-order valence-electron chi connectivity index (χ4n) is 1.39. The van der Waals surface area contributed by atoms with E-state index in [1.165, 1.54) is 0 Å². The molecule has 1 aromatic carbocycles. The summed E-state index contributed by atoms with van der Waals surface area (Å²) >= 11 is 3.38. The molecule has 5 nitrogen and oxygen atoms in total. The van der Waals surface area contributed by atoms with Crippen molar-refractivity contribution < 1.29 is 9.90 Å². The van der Waals surface area contributed by atoms with Crippen LogP contribution in [0.2, 0.25) is 0 Å². The topological polar surface area (TPSA) is 68.0 Å². The van der Waals surface area contributed by atoms with Crippen molar-refractivity contribution in [3.8, 4) is 5.69 Å². The number of benzene rings is 1. The minimum absolute atomic E-state index is 0.0666. The molecule has 0 aliphatic carbocycles. The van der Waals surface area contributed by atoms with Gasteiger partial charge in [0.25, 0.3) is 0 Å². The minimum Gasteiger partial charge on any atom is -0.481 e. The SMILES string of the molecule is O=C(O)CCc1cn(-c2cccc(Br)c2)nn1. The van der Waals surface area contributed by atoms with Crippen molar-refractivity contribution in [1.29, 1.82) is 0 Å². The first-order valence-corrected chi connectivity index (χ1v) is 5.83. The van der Waals surface area contributed by atoms with Gasteiger partial charge in [-0.1, -0.05) is 27.2 Å². The third-order valence-corrected chi connectivity index (χ3v) is 2.70. The highest BCUT2D eigenvalue weighted by Gasteiger charge is 2.05. The fourth-order valence-corrected chi connectivity index (χ4v) is 1.78. The maximum atomic E-state index is 10.4. The molecule has 1 N–H and O–H groups in total. The molecule has 0 saturated heterocycles. The summed E-state index contributed by atoms with van der Waals surface area (Å²) < 4.78 is 2.58. The predicted molar refractivity (Wildman–Crippen MR) is 65.0 cm³/mol. The Labute approximate surface area is 106 Å². The van der Waals surface area contributed by atoms with Gasteiger partial charge in [0.05, 0.1) is 24.0 Å². The van der Waals surface area contributed by atoms with Crippen LogP contribution in [0.25, 0.3) is 5.69 Å². The third-order valence-electron chi connectivity index (χ3n) is 2.21. The molecule has 6 heteroatoms. The summed E-state index contributed by atoms with van der Waals surface area (Å²) in [5.74, 6) is -0.831. The smallest absolute Gasteiger partial charge is 0.303 e. The lowest BCUT2D eigenvalue weighted by Crippen LogP contribution is -1.97. The third kappa shape index (κ3) is 3.13. The van der Waals surface area contributed by atoms with Crippen LogP contribution in [-0.4, -0.2) is 26.1 Å². The molecule has 88 valence electrons. The van der Waals surface area contributed by atoms with Crippen LogP contribution in [0.3, 0.4) is 0 Å². The number of hydrogen-bond donors (Lipinski definition) is 1. The Morgan fingerprint density at radius 3 is 3.00 bits per heavy atom. The van der Waals surface area contributed by atoms with Gasteiger partial charge in [-0.25, -0.2) is 4.68 Å². The molecule has 0 aliphatic rings. The number of carboxylic acids is 1. The van der Waals surface area contributed by atoms with Gasteiger partial charge in [0.1, 0.15) is 0 Å². The molecule has 0 unspecified atom stereocenters. The molecule has 17 heavy (non-hydrogen) atoms. The van der Waals surface area contributed by atoms with E-state index in [4.69, 9.17) is 5.11 Å². The summed E-state index contributed by atoms with van der Waals surface area (Å²) in [7, 11) is 0. The summed E-state index contributed by atoms with van der Waals surface area (Å²) in [6, 6.07) is 7.64. The van der Waals surface area contributed by atoms with Gasteiger partial charge in [-0.3, -0.25) is 4.79 Å². The second kappa shape index (κ2) is 5.09. The van der Waals surface area contributed by atoms with Gasteiger partial charge < -0.3 is 5.11 Å². The Balaban J connectivity index is 2.15. The lowest BCUT2D eigenvalue weighted by Gasteiger charge is -1.99. The number of carboxylic acid groups (broad SMARTS) is 1. The number of aliphatic carboxylic acids is 1. The van der Waals surface area contributed by atoms with E-state index >= 15 is 0 Å². The van der Waals surface area contributed by atoms with Crippen molar-refractivity contribution in [1.82, 2.24) is 15.0 Å². The van der Waals surface area contributed by atoms with E-state index in [9.17, 15) is 4.79 Å². The van der Waals surface area contributed by atoms with Gasteiger partial charge in [0.2, 0.25) is 0 Å². The summed E-state index contributed by atoms with van der Waals surface area (Å²) in [4.78, 5) is 10.4. The molecule has 2 rings (SSSR count). The normalized spacial score (nSPS) is 10.4. The van der Waals surface area contributed by atoms with Crippen molar-refractivity contribution in [2.45, 2.75) is 12.8 Å². The Morgan fingerprint density at radius 2 is 2.29 bits per heavy atom. The molecule has 0 radical (unpaired) electrons. The molecule has 2 aromatic rings. The molecule has 0 fully saturated rings. The first-order valence-electron chi connectivity index (χ1n) is 5.04. The molecule has 0 saturated carbocycles. The van der Waals surface area contributed by atoms with E-state index in [0.717, 1.165) is 10.2 Å². The van der Waals surface area contributed by atoms with Gasteiger partial charge in [-0.15, -0.1) is 5.10 Å². The molecule has 1 heterocycles. The van der Waals surface area contributed by atoms with Crippen LogP contribution in [0.4, 0.5) is 0 Å². The Bertz CT molecular complexity index is 539. The first kappa shape index (κ1) is 11.8. The van der Waals surface area contributed by atoms with Crippen LogP contribution < -0.4 is 0 Å². The zero-order valence-electron chi connectivity index (χ0n) is 8.88. The van der Waals surface area contributed by atoms with E-state index in [2.05, 4.69) is 26.2 Å². The zero-order valence-corrected chi connectivity index (χ0v) is 10.5. The van der Waals surface area contributed by atoms with Crippen molar-refractivity contribution in [3.05, 3.63) is 40.6 Å². The summed E-state index contributed by atoms with van der Waals surface area (Å²) in [5, 5.41) is 16.5. The van der Waals surface area contributed by atoms with Gasteiger partial charge >= 0.3 is 5.97 Å². The number of aromatic nitrogens is 3. The average molecular weight is 296 g/mol. The summed E-state index contributed by atoms with van der Waals surface area (Å²) in [6.07, 6.45) is 2.20. The van der Waals surface area contributed by atoms with Crippen LogP contribution >= 0.6 is 15.9 Å². The van der Waals surface area contributed by atoms with Gasteiger partial charge in [-0.2, -0.15) is 0 Å². The van der Waals surface area contributed by atoms with Crippen LogP contribution in [0.5, 0.6) is 0 Å². The standard InChI is InChI=1S/C11H10BrN3O2/c12-8-2-1-3-10(6-8)15-7-9(13-14-15)4-5-11(16)17/h1-3,6-7H,4-5H2,(H,16,17). The summed E-state index contributed by atoms with van der Waals surface area (Å²) in [6.45, 7) is 0. The quantitative estimate of drug-likeness (QED) is 0.937. The number of aryl methyl sites for hydroxylation is 1. The van der Waals surface area contributed by atoms with E-state index in [1.807, 2.05) is 24.3 Å². The number of rotatable bonds is 4. The van der Waals surface area contributed by atoms with Crippen molar-refractivity contribution in [2.75, 3.05) is 0 Å². The number of halogens is 1. The highest BCUT2D eigenvalue weighted by Crippen LogP contribution is 2.14. The minimum atomic E-state index is -0.831. The Morgan fingerprint density at radius 1 is 1.47 bits per heavy atom. The largest absolute Gasteiger partial charge is 0.481 e. The molecular weight excluding hydrogens is 286 g/mol. The number of hydrogen-bond acceptors (Lipinski definition) is 3. The molecule has 1 aromatic heterocycles. The average Bonchev–Trinajstić information content (AvgIpc) is 2.75. The molecule has 0 aliphatic heterocycles. The number of nitrogens with zero attached hydrogens (tertiary/aromatic N) is 3. The van der Waals surface area contributed by atoms with Crippen LogP contribution in [0, 0.1) is 0 Å². The van der Waals surface area contributed by atoms with E-state index in [1.54, 1.807) is 10.9 Å². The second-order valence-corrected chi connectivity index (χ2v) is 4.44. The van der Waals surface area contributed by atoms with Crippen LogP contribution in [0.1, 0.15) is 12.1 Å². The highest BCUT2D eigenvalue weighted by atomic mass is 79.9. The van der Waals surface area contributed by atoms with Crippen molar-refractivity contribution >= 4 is 21.9 Å². The van der Waals surface area contributed by atoms with E-state index < -0.39 is 5.97 Å². The second-order valence-electron chi connectivity index (χ2n) is 3.53. The molecule has 0 spiro atoms. The lowest BCUT2D eigenvalue weighted by molar-refractivity contribution is -0.136. The molecule has 0 bridgehead atoms.